The maximum atomic E-state index is 12.8. The Hall–Kier alpha value is -2.69. The molecule has 0 aliphatic carbocycles. The highest BCUT2D eigenvalue weighted by molar-refractivity contribution is 5.92. The number of hydrogen-bond donors (Lipinski definition) is 1. The minimum absolute atomic E-state index is 0.0175. The average molecular weight is 315 g/mol. The van der Waals surface area contributed by atoms with Crippen LogP contribution in [-0.4, -0.2) is 18.5 Å². The number of ether oxygens (including phenoxy) is 1. The van der Waals surface area contributed by atoms with Gasteiger partial charge < -0.3 is 10.1 Å². The van der Waals surface area contributed by atoms with E-state index in [9.17, 15) is 14.0 Å². The molecule has 4 nitrogen and oxygen atoms in total. The number of benzene rings is 2. The molecule has 0 aliphatic rings. The molecule has 1 N–H and O–H groups in total. The second kappa shape index (κ2) is 8.08. The van der Waals surface area contributed by atoms with Crippen LogP contribution in [0.4, 0.5) is 10.1 Å². The fourth-order valence-electron chi connectivity index (χ4n) is 2.08. The summed E-state index contributed by atoms with van der Waals surface area (Å²) in [5, 5.41) is 2.53. The lowest BCUT2D eigenvalue weighted by Gasteiger charge is -2.11. The normalized spacial score (nSPS) is 11.6. The van der Waals surface area contributed by atoms with Crippen LogP contribution in [0, 0.1) is 5.82 Å². The van der Waals surface area contributed by atoms with Crippen LogP contribution in [0.5, 0.6) is 0 Å². The molecule has 0 spiro atoms. The lowest BCUT2D eigenvalue weighted by atomic mass is 9.98. The van der Waals surface area contributed by atoms with Crippen LogP contribution in [0.2, 0.25) is 0 Å². The molecule has 0 saturated heterocycles. The lowest BCUT2D eigenvalue weighted by Crippen LogP contribution is -2.21. The molecule has 1 amide bonds. The minimum atomic E-state index is -0.461. The average Bonchev–Trinajstić information content (AvgIpc) is 2.56. The van der Waals surface area contributed by atoms with Crippen LogP contribution >= 0.6 is 0 Å². The summed E-state index contributed by atoms with van der Waals surface area (Å²) in [4.78, 5) is 23.5. The summed E-state index contributed by atoms with van der Waals surface area (Å²) in [6, 6.07) is 15.0. The molecular formula is C18H18FNO3. The number of halogens is 1. The molecular weight excluding hydrogens is 297 g/mol. The highest BCUT2D eigenvalue weighted by Crippen LogP contribution is 2.18. The Bertz CT molecular complexity index is 656. The third kappa shape index (κ3) is 5.54. The third-order valence-corrected chi connectivity index (χ3v) is 3.33. The predicted octanol–water partition coefficient (Wildman–Crippen LogP) is 3.50. The van der Waals surface area contributed by atoms with Gasteiger partial charge in [-0.05, 0) is 35.7 Å². The van der Waals surface area contributed by atoms with Crippen molar-refractivity contribution in [3.05, 3.63) is 66.0 Å². The van der Waals surface area contributed by atoms with Gasteiger partial charge in [0.15, 0.2) is 6.61 Å². The van der Waals surface area contributed by atoms with Crippen molar-refractivity contribution >= 4 is 17.6 Å². The van der Waals surface area contributed by atoms with Crippen molar-refractivity contribution in [3.63, 3.8) is 0 Å². The Morgan fingerprint density at radius 1 is 1.09 bits per heavy atom. The summed E-state index contributed by atoms with van der Waals surface area (Å²) in [5.41, 5.74) is 1.49. The summed E-state index contributed by atoms with van der Waals surface area (Å²) in [7, 11) is 0. The summed E-state index contributed by atoms with van der Waals surface area (Å²) >= 11 is 0. The molecule has 0 aliphatic heterocycles. The van der Waals surface area contributed by atoms with Gasteiger partial charge in [0, 0.05) is 5.69 Å². The maximum Gasteiger partial charge on any atom is 0.306 e. The molecule has 2 aromatic rings. The molecule has 2 rings (SSSR count). The van der Waals surface area contributed by atoms with Gasteiger partial charge in [0.25, 0.3) is 5.91 Å². The fourth-order valence-corrected chi connectivity index (χ4v) is 2.08. The summed E-state index contributed by atoms with van der Waals surface area (Å²) in [6.07, 6.45) is 0.202. The van der Waals surface area contributed by atoms with E-state index in [1.807, 2.05) is 37.3 Å². The van der Waals surface area contributed by atoms with Crippen LogP contribution in [-0.2, 0) is 14.3 Å². The monoisotopic (exact) mass is 315 g/mol. The van der Waals surface area contributed by atoms with E-state index in [0.717, 1.165) is 5.56 Å². The Balaban J connectivity index is 1.75. The molecule has 0 bridgehead atoms. The van der Waals surface area contributed by atoms with E-state index in [2.05, 4.69) is 5.32 Å². The first kappa shape index (κ1) is 16.7. The van der Waals surface area contributed by atoms with Gasteiger partial charge in [0.05, 0.1) is 6.42 Å². The maximum absolute atomic E-state index is 12.8. The molecule has 2 aromatic carbocycles. The first-order valence-electron chi connectivity index (χ1n) is 7.30. The van der Waals surface area contributed by atoms with Crippen LogP contribution in [0.1, 0.15) is 24.8 Å². The Kier molecular flexibility index (Phi) is 5.86. The van der Waals surface area contributed by atoms with Gasteiger partial charge in [-0.1, -0.05) is 37.3 Å². The third-order valence-electron chi connectivity index (χ3n) is 3.33. The van der Waals surface area contributed by atoms with E-state index in [0.29, 0.717) is 5.69 Å². The standard InChI is InChI=1S/C18H18FNO3/c1-13(14-5-3-2-4-6-14)11-18(22)23-12-17(21)20-16-9-7-15(19)8-10-16/h2-10,13H,11-12H2,1H3,(H,20,21). The minimum Gasteiger partial charge on any atom is -0.456 e. The van der Waals surface area contributed by atoms with Crippen molar-refractivity contribution in [2.75, 3.05) is 11.9 Å². The number of amides is 1. The van der Waals surface area contributed by atoms with Crippen molar-refractivity contribution in [3.8, 4) is 0 Å². The first-order valence-corrected chi connectivity index (χ1v) is 7.30. The molecule has 5 heteroatoms. The zero-order chi connectivity index (χ0) is 16.7. The molecule has 1 atom stereocenters. The zero-order valence-electron chi connectivity index (χ0n) is 12.8. The number of carbonyl (C=O) groups excluding carboxylic acids is 2. The predicted molar refractivity (Wildman–Crippen MR) is 85.5 cm³/mol. The fraction of sp³-hybridized carbons (Fsp3) is 0.222. The van der Waals surface area contributed by atoms with Crippen molar-refractivity contribution < 1.29 is 18.7 Å². The molecule has 0 heterocycles. The first-order chi connectivity index (χ1) is 11.0. The quantitative estimate of drug-likeness (QED) is 0.830. The van der Waals surface area contributed by atoms with E-state index in [1.165, 1.54) is 24.3 Å². The van der Waals surface area contributed by atoms with Gasteiger partial charge in [-0.25, -0.2) is 4.39 Å². The van der Waals surface area contributed by atoms with Gasteiger partial charge in [-0.15, -0.1) is 0 Å². The smallest absolute Gasteiger partial charge is 0.306 e. The number of hydrogen-bond acceptors (Lipinski definition) is 3. The van der Waals surface area contributed by atoms with E-state index >= 15 is 0 Å². The summed E-state index contributed by atoms with van der Waals surface area (Å²) in [5.74, 6) is -1.26. The van der Waals surface area contributed by atoms with Crippen LogP contribution in [0.15, 0.2) is 54.6 Å². The van der Waals surface area contributed by atoms with Gasteiger partial charge in [-0.2, -0.15) is 0 Å². The topological polar surface area (TPSA) is 55.4 Å². The van der Waals surface area contributed by atoms with E-state index in [-0.39, 0.29) is 24.8 Å². The molecule has 1 unspecified atom stereocenters. The van der Waals surface area contributed by atoms with E-state index < -0.39 is 11.9 Å². The van der Waals surface area contributed by atoms with Crippen LogP contribution in [0.3, 0.4) is 0 Å². The molecule has 0 aromatic heterocycles. The highest BCUT2D eigenvalue weighted by Gasteiger charge is 2.13. The van der Waals surface area contributed by atoms with Gasteiger partial charge in [-0.3, -0.25) is 9.59 Å². The van der Waals surface area contributed by atoms with Crippen LogP contribution < -0.4 is 5.32 Å². The Morgan fingerprint density at radius 3 is 2.39 bits per heavy atom. The Morgan fingerprint density at radius 2 is 1.74 bits per heavy atom. The second-order valence-corrected chi connectivity index (χ2v) is 5.23. The van der Waals surface area contributed by atoms with Crippen molar-refractivity contribution in [1.29, 1.82) is 0 Å². The number of rotatable bonds is 6. The second-order valence-electron chi connectivity index (χ2n) is 5.23. The lowest BCUT2D eigenvalue weighted by molar-refractivity contribution is -0.147. The molecule has 0 saturated carbocycles. The van der Waals surface area contributed by atoms with E-state index in [4.69, 9.17) is 4.74 Å². The largest absolute Gasteiger partial charge is 0.456 e. The number of anilines is 1. The van der Waals surface area contributed by atoms with Crippen molar-refractivity contribution in [2.45, 2.75) is 19.3 Å². The SMILES string of the molecule is CC(CC(=O)OCC(=O)Nc1ccc(F)cc1)c1ccccc1. The van der Waals surface area contributed by atoms with Gasteiger partial charge in [0.2, 0.25) is 0 Å². The highest BCUT2D eigenvalue weighted by atomic mass is 19.1. The summed E-state index contributed by atoms with van der Waals surface area (Å²) < 4.78 is 17.7. The van der Waals surface area contributed by atoms with Gasteiger partial charge in [0.1, 0.15) is 5.82 Å². The number of carbonyl (C=O) groups is 2. The molecule has 0 fully saturated rings. The van der Waals surface area contributed by atoms with Crippen molar-refractivity contribution in [2.24, 2.45) is 0 Å². The van der Waals surface area contributed by atoms with Crippen LogP contribution in [0.25, 0.3) is 0 Å². The Labute approximate surface area is 134 Å². The molecule has 120 valence electrons. The summed E-state index contributed by atoms with van der Waals surface area (Å²) in [6.45, 7) is 1.56. The van der Waals surface area contributed by atoms with Gasteiger partial charge >= 0.3 is 5.97 Å². The zero-order valence-corrected chi connectivity index (χ0v) is 12.8. The number of esters is 1. The van der Waals surface area contributed by atoms with E-state index in [1.54, 1.807) is 0 Å². The number of nitrogens with one attached hydrogen (secondary N) is 1. The molecule has 23 heavy (non-hydrogen) atoms. The van der Waals surface area contributed by atoms with Crippen molar-refractivity contribution in [1.82, 2.24) is 0 Å². The molecule has 0 radical (unpaired) electrons.